The molecule has 0 bridgehead atoms. The van der Waals surface area contributed by atoms with Crippen LogP contribution in [0.1, 0.15) is 10.5 Å². The molecule has 3 heterocycles. The molecule has 1 atom stereocenters. The van der Waals surface area contributed by atoms with Crippen LogP contribution in [0.15, 0.2) is 59.8 Å². The van der Waals surface area contributed by atoms with Crippen LogP contribution in [-0.2, 0) is 11.1 Å². The molecular formula is C18H14N6O3S. The number of nitrogens with two attached hydrogens (primary N) is 1. The van der Waals surface area contributed by atoms with Gasteiger partial charge in [0.1, 0.15) is 11.5 Å². The van der Waals surface area contributed by atoms with Gasteiger partial charge in [0.2, 0.25) is 0 Å². The van der Waals surface area contributed by atoms with E-state index in [1.807, 2.05) is 12.1 Å². The second-order valence-electron chi connectivity index (χ2n) is 5.83. The molecule has 140 valence electrons. The second-order valence-corrected chi connectivity index (χ2v) is 6.80. The number of pyridine rings is 1. The van der Waals surface area contributed by atoms with Crippen molar-refractivity contribution in [3.05, 3.63) is 60.6 Å². The van der Waals surface area contributed by atoms with Crippen LogP contribution in [0.2, 0.25) is 0 Å². The molecule has 0 aliphatic heterocycles. The molecule has 0 saturated carbocycles. The van der Waals surface area contributed by atoms with Gasteiger partial charge in [-0.05, 0) is 30.3 Å². The Kier molecular flexibility index (Phi) is 4.55. The average Bonchev–Trinajstić information content (AvgIpc) is 3.16. The Morgan fingerprint density at radius 1 is 1.11 bits per heavy atom. The van der Waals surface area contributed by atoms with Gasteiger partial charge in [-0.1, -0.05) is 12.1 Å². The Balaban J connectivity index is 1.62. The molecule has 4 rings (SSSR count). The monoisotopic (exact) mass is 394 g/mol. The van der Waals surface area contributed by atoms with E-state index >= 15 is 0 Å². The number of hydrogen-bond donors (Lipinski definition) is 4. The number of rotatable bonds is 4. The van der Waals surface area contributed by atoms with Gasteiger partial charge in [0.15, 0.2) is 22.6 Å². The molecule has 10 heteroatoms. The van der Waals surface area contributed by atoms with E-state index in [4.69, 9.17) is 10.3 Å². The zero-order valence-corrected chi connectivity index (χ0v) is 15.1. The molecule has 5 N–H and O–H groups in total. The summed E-state index contributed by atoms with van der Waals surface area (Å²) in [5.74, 6) is -0.213. The van der Waals surface area contributed by atoms with Crippen molar-refractivity contribution in [2.24, 2.45) is 0 Å². The first-order chi connectivity index (χ1) is 13.5. The van der Waals surface area contributed by atoms with Crippen molar-refractivity contribution in [1.82, 2.24) is 19.9 Å². The largest absolute Gasteiger partial charge is 0.382 e. The maximum Gasteiger partial charge on any atom is 0.279 e. The number of benzene rings is 1. The van der Waals surface area contributed by atoms with Crippen LogP contribution >= 0.6 is 0 Å². The number of fused-ring (bicyclic) bond motifs is 1. The molecule has 0 spiro atoms. The van der Waals surface area contributed by atoms with Crippen molar-refractivity contribution in [3.63, 3.8) is 0 Å². The fraction of sp³-hybridized carbons (Fsp3) is 0. The number of anilines is 2. The molecule has 9 nitrogen and oxygen atoms in total. The Morgan fingerprint density at radius 3 is 2.64 bits per heavy atom. The molecular weight excluding hydrogens is 380 g/mol. The lowest BCUT2D eigenvalue weighted by molar-refractivity contribution is 0.102. The third-order valence-corrected chi connectivity index (χ3v) is 4.69. The molecule has 3 aromatic heterocycles. The van der Waals surface area contributed by atoms with Crippen molar-refractivity contribution in [3.8, 4) is 11.3 Å². The molecule has 1 amide bonds. The first-order valence-corrected chi connectivity index (χ1v) is 9.21. The topological polar surface area (TPSA) is 147 Å². The summed E-state index contributed by atoms with van der Waals surface area (Å²) < 4.78 is 20.2. The van der Waals surface area contributed by atoms with Crippen LogP contribution in [0.25, 0.3) is 22.3 Å². The highest BCUT2D eigenvalue weighted by Gasteiger charge is 2.16. The molecule has 0 radical (unpaired) electrons. The van der Waals surface area contributed by atoms with E-state index in [-0.39, 0.29) is 16.4 Å². The van der Waals surface area contributed by atoms with E-state index in [9.17, 15) is 9.00 Å². The molecule has 28 heavy (non-hydrogen) atoms. The lowest BCUT2D eigenvalue weighted by Crippen LogP contribution is -2.18. The van der Waals surface area contributed by atoms with Gasteiger partial charge in [-0.25, -0.2) is 19.2 Å². The van der Waals surface area contributed by atoms with Gasteiger partial charge in [-0.15, -0.1) is 0 Å². The lowest BCUT2D eigenvalue weighted by atomic mass is 10.1. The summed E-state index contributed by atoms with van der Waals surface area (Å²) >= 11 is -2.07. The number of amides is 1. The molecule has 0 fully saturated rings. The molecule has 1 unspecified atom stereocenters. The highest BCUT2D eigenvalue weighted by atomic mass is 32.2. The van der Waals surface area contributed by atoms with E-state index in [0.29, 0.717) is 22.7 Å². The fourth-order valence-corrected chi connectivity index (χ4v) is 2.99. The quantitative estimate of drug-likeness (QED) is 0.389. The summed E-state index contributed by atoms with van der Waals surface area (Å²) in [5.41, 5.74) is 7.46. The number of nitrogen functional groups attached to an aromatic ring is 1. The fourth-order valence-electron chi connectivity index (χ4n) is 2.62. The third-order valence-electron chi connectivity index (χ3n) is 4.02. The summed E-state index contributed by atoms with van der Waals surface area (Å²) in [4.78, 5) is 28.5. The predicted octanol–water partition coefficient (Wildman–Crippen LogP) is 2.43. The summed E-state index contributed by atoms with van der Waals surface area (Å²) in [7, 11) is 0. The highest BCUT2D eigenvalue weighted by Crippen LogP contribution is 2.21. The minimum atomic E-state index is -2.07. The van der Waals surface area contributed by atoms with Crippen LogP contribution in [0.4, 0.5) is 11.6 Å². The minimum Gasteiger partial charge on any atom is -0.382 e. The Bertz CT molecular complexity index is 1210. The van der Waals surface area contributed by atoms with Gasteiger partial charge in [0, 0.05) is 17.1 Å². The Hall–Kier alpha value is -3.63. The van der Waals surface area contributed by atoms with Crippen molar-refractivity contribution < 1.29 is 13.6 Å². The maximum atomic E-state index is 12.6. The maximum absolute atomic E-state index is 12.6. The standard InChI is InChI=1S/C18H14N6O3S/c19-16-15(18(25)24-14-6-3-11-7-8-20-17(11)23-14)22-13(9-21-16)10-1-4-12(5-2-10)28(26)27/h1-9H,(H2,19,21)(H,26,27)(H2,20,23,24,25). The third kappa shape index (κ3) is 3.46. The Morgan fingerprint density at radius 2 is 1.89 bits per heavy atom. The van der Waals surface area contributed by atoms with E-state index in [1.54, 1.807) is 24.4 Å². The van der Waals surface area contributed by atoms with Gasteiger partial charge < -0.3 is 20.6 Å². The normalized spacial score (nSPS) is 12.0. The number of nitrogens with zero attached hydrogens (tertiary/aromatic N) is 3. The smallest absolute Gasteiger partial charge is 0.279 e. The second kappa shape index (κ2) is 7.18. The summed E-state index contributed by atoms with van der Waals surface area (Å²) in [5, 5.41) is 3.58. The molecule has 4 aromatic rings. The number of aromatic nitrogens is 4. The molecule has 1 aromatic carbocycles. The average molecular weight is 394 g/mol. The van der Waals surface area contributed by atoms with E-state index in [2.05, 4.69) is 25.3 Å². The van der Waals surface area contributed by atoms with E-state index in [1.165, 1.54) is 18.3 Å². The van der Waals surface area contributed by atoms with Crippen molar-refractivity contribution in [2.45, 2.75) is 4.90 Å². The van der Waals surface area contributed by atoms with Crippen LogP contribution in [0.3, 0.4) is 0 Å². The van der Waals surface area contributed by atoms with Gasteiger partial charge >= 0.3 is 0 Å². The van der Waals surface area contributed by atoms with Gasteiger partial charge in [0.25, 0.3) is 5.91 Å². The van der Waals surface area contributed by atoms with Crippen LogP contribution < -0.4 is 11.1 Å². The van der Waals surface area contributed by atoms with Crippen molar-refractivity contribution in [1.29, 1.82) is 0 Å². The Labute approximate surface area is 161 Å². The molecule has 0 aliphatic carbocycles. The van der Waals surface area contributed by atoms with Crippen molar-refractivity contribution in [2.75, 3.05) is 11.1 Å². The number of carbonyl (C=O) groups excluding carboxylic acids is 1. The first kappa shape index (κ1) is 17.8. The number of hydrogen-bond acceptors (Lipinski definition) is 6. The van der Waals surface area contributed by atoms with E-state index < -0.39 is 17.0 Å². The predicted molar refractivity (Wildman–Crippen MR) is 105 cm³/mol. The van der Waals surface area contributed by atoms with E-state index in [0.717, 1.165) is 5.39 Å². The zero-order valence-electron chi connectivity index (χ0n) is 14.3. The van der Waals surface area contributed by atoms with Gasteiger partial charge in [-0.2, -0.15) is 0 Å². The number of carbonyl (C=O) groups is 1. The lowest BCUT2D eigenvalue weighted by Gasteiger charge is -2.08. The van der Waals surface area contributed by atoms with Crippen LogP contribution in [0.5, 0.6) is 0 Å². The molecule has 0 saturated heterocycles. The number of H-pyrrole nitrogens is 1. The SMILES string of the molecule is Nc1ncc(-c2ccc(S(=O)O)cc2)nc1C(=O)Nc1ccc2cc[nH]c2n1. The number of nitrogens with one attached hydrogen (secondary N) is 2. The van der Waals surface area contributed by atoms with Crippen LogP contribution in [0, 0.1) is 0 Å². The van der Waals surface area contributed by atoms with Gasteiger partial charge in [-0.3, -0.25) is 4.79 Å². The minimum absolute atomic E-state index is 0.0183. The summed E-state index contributed by atoms with van der Waals surface area (Å²) in [6.45, 7) is 0. The van der Waals surface area contributed by atoms with Gasteiger partial charge in [0.05, 0.1) is 16.8 Å². The summed E-state index contributed by atoms with van der Waals surface area (Å²) in [6.07, 6.45) is 3.19. The number of aromatic amines is 1. The zero-order chi connectivity index (χ0) is 19.7. The van der Waals surface area contributed by atoms with Crippen LogP contribution in [-0.4, -0.2) is 34.6 Å². The highest BCUT2D eigenvalue weighted by molar-refractivity contribution is 7.79. The first-order valence-electron chi connectivity index (χ1n) is 8.10. The molecule has 0 aliphatic rings. The summed E-state index contributed by atoms with van der Waals surface area (Å²) in [6, 6.07) is 11.6. The van der Waals surface area contributed by atoms with Crippen molar-refractivity contribution >= 4 is 39.7 Å².